The van der Waals surface area contributed by atoms with Crippen molar-refractivity contribution >= 4 is 17.5 Å². The maximum Gasteiger partial charge on any atom is 0.236 e. The van der Waals surface area contributed by atoms with Crippen LogP contribution in [0.2, 0.25) is 0 Å². The van der Waals surface area contributed by atoms with Crippen molar-refractivity contribution in [2.45, 2.75) is 0 Å². The molecular weight excluding hydrogens is 206 g/mol. The van der Waals surface area contributed by atoms with E-state index in [-0.39, 0.29) is 18.2 Å². The molecule has 1 amide bonds. The number of hydrogen-bond acceptors (Lipinski definition) is 4. The Balaban J connectivity index is 2.92. The van der Waals surface area contributed by atoms with Gasteiger partial charge in [0.1, 0.15) is 0 Å². The number of anilines is 2. The SMILES string of the molecule is CNc1nc(NCC(N)=O)c(F)cc1F. The monoisotopic (exact) mass is 216 g/mol. The highest BCUT2D eigenvalue weighted by Crippen LogP contribution is 2.17. The summed E-state index contributed by atoms with van der Waals surface area (Å²) in [5, 5.41) is 4.79. The van der Waals surface area contributed by atoms with Crippen LogP contribution in [0.25, 0.3) is 0 Å². The van der Waals surface area contributed by atoms with E-state index in [0.717, 1.165) is 0 Å². The second-order valence-corrected chi connectivity index (χ2v) is 2.72. The zero-order valence-electron chi connectivity index (χ0n) is 7.97. The van der Waals surface area contributed by atoms with Gasteiger partial charge in [0.25, 0.3) is 0 Å². The van der Waals surface area contributed by atoms with E-state index < -0.39 is 17.5 Å². The summed E-state index contributed by atoms with van der Waals surface area (Å²) in [5.41, 5.74) is 4.85. The molecule has 82 valence electrons. The van der Waals surface area contributed by atoms with E-state index in [1.165, 1.54) is 7.05 Å². The van der Waals surface area contributed by atoms with Crippen molar-refractivity contribution in [1.29, 1.82) is 0 Å². The summed E-state index contributed by atoms with van der Waals surface area (Å²) in [6.07, 6.45) is 0. The molecule has 0 aliphatic carbocycles. The molecule has 1 heterocycles. The Morgan fingerprint density at radius 3 is 2.60 bits per heavy atom. The number of carbonyl (C=O) groups is 1. The first kappa shape index (κ1) is 11.2. The quantitative estimate of drug-likeness (QED) is 0.676. The molecule has 0 spiro atoms. The molecule has 0 fully saturated rings. The maximum atomic E-state index is 13.1. The fourth-order valence-electron chi connectivity index (χ4n) is 0.937. The van der Waals surface area contributed by atoms with Crippen LogP contribution in [0, 0.1) is 11.6 Å². The molecule has 1 aromatic rings. The Morgan fingerprint density at radius 2 is 2.07 bits per heavy atom. The summed E-state index contributed by atoms with van der Waals surface area (Å²) < 4.78 is 26.0. The molecule has 0 saturated heterocycles. The fourth-order valence-corrected chi connectivity index (χ4v) is 0.937. The third-order valence-electron chi connectivity index (χ3n) is 1.60. The van der Waals surface area contributed by atoms with Crippen molar-refractivity contribution in [3.8, 4) is 0 Å². The highest BCUT2D eigenvalue weighted by atomic mass is 19.1. The van der Waals surface area contributed by atoms with Crippen LogP contribution in [0.15, 0.2) is 6.07 Å². The Morgan fingerprint density at radius 1 is 1.47 bits per heavy atom. The van der Waals surface area contributed by atoms with Gasteiger partial charge in [-0.25, -0.2) is 13.8 Å². The van der Waals surface area contributed by atoms with E-state index in [1.54, 1.807) is 0 Å². The summed E-state index contributed by atoms with van der Waals surface area (Å²) in [4.78, 5) is 14.0. The zero-order valence-corrected chi connectivity index (χ0v) is 7.97. The predicted octanol–water partition coefficient (Wildman–Crippen LogP) is 0.299. The molecule has 0 saturated carbocycles. The van der Waals surface area contributed by atoms with Crippen LogP contribution in [0.3, 0.4) is 0 Å². The summed E-state index contributed by atoms with van der Waals surface area (Å²) in [5.74, 6) is -2.68. The average Bonchev–Trinajstić information content (AvgIpc) is 2.16. The molecular formula is C8H10F2N4O. The van der Waals surface area contributed by atoms with E-state index in [4.69, 9.17) is 5.73 Å². The van der Waals surface area contributed by atoms with Crippen LogP contribution in [0.5, 0.6) is 0 Å². The lowest BCUT2D eigenvalue weighted by molar-refractivity contribution is -0.116. The Labute approximate surface area is 84.7 Å². The number of aromatic nitrogens is 1. The maximum absolute atomic E-state index is 13.1. The normalized spacial score (nSPS) is 9.80. The highest BCUT2D eigenvalue weighted by Gasteiger charge is 2.10. The smallest absolute Gasteiger partial charge is 0.236 e. The number of pyridine rings is 1. The summed E-state index contributed by atoms with van der Waals surface area (Å²) in [6.45, 7) is -0.265. The van der Waals surface area contributed by atoms with Crippen LogP contribution in [0.4, 0.5) is 20.4 Å². The van der Waals surface area contributed by atoms with Crippen molar-refractivity contribution < 1.29 is 13.6 Å². The number of nitrogens with zero attached hydrogens (tertiary/aromatic N) is 1. The molecule has 1 aromatic heterocycles. The fraction of sp³-hybridized carbons (Fsp3) is 0.250. The van der Waals surface area contributed by atoms with Gasteiger partial charge in [0.15, 0.2) is 23.3 Å². The second kappa shape index (κ2) is 4.54. The molecule has 0 aliphatic heterocycles. The number of nitrogens with two attached hydrogens (primary N) is 1. The number of halogens is 2. The largest absolute Gasteiger partial charge is 0.371 e. The van der Waals surface area contributed by atoms with Gasteiger partial charge in [0.05, 0.1) is 6.54 Å². The minimum Gasteiger partial charge on any atom is -0.371 e. The molecule has 1 rings (SSSR count). The van der Waals surface area contributed by atoms with Gasteiger partial charge in [-0.15, -0.1) is 0 Å². The topological polar surface area (TPSA) is 80.0 Å². The van der Waals surface area contributed by atoms with Gasteiger partial charge in [-0.1, -0.05) is 0 Å². The summed E-state index contributed by atoms with van der Waals surface area (Å²) in [7, 11) is 1.45. The zero-order chi connectivity index (χ0) is 11.4. The molecule has 15 heavy (non-hydrogen) atoms. The van der Waals surface area contributed by atoms with Crippen molar-refractivity contribution in [2.24, 2.45) is 5.73 Å². The lowest BCUT2D eigenvalue weighted by Crippen LogP contribution is -2.23. The molecule has 7 heteroatoms. The van der Waals surface area contributed by atoms with Gasteiger partial charge in [0, 0.05) is 13.1 Å². The van der Waals surface area contributed by atoms with Crippen LogP contribution < -0.4 is 16.4 Å². The van der Waals surface area contributed by atoms with Gasteiger partial charge in [-0.05, 0) is 0 Å². The third-order valence-corrected chi connectivity index (χ3v) is 1.60. The predicted molar refractivity (Wildman–Crippen MR) is 51.4 cm³/mol. The number of primary amides is 1. The first-order valence-electron chi connectivity index (χ1n) is 4.10. The number of hydrogen-bond donors (Lipinski definition) is 3. The van der Waals surface area contributed by atoms with Gasteiger partial charge < -0.3 is 16.4 Å². The Hall–Kier alpha value is -1.92. The van der Waals surface area contributed by atoms with Gasteiger partial charge in [-0.2, -0.15) is 0 Å². The summed E-state index contributed by atoms with van der Waals surface area (Å²) in [6, 6.07) is 0.669. The molecule has 0 bridgehead atoms. The standard InChI is InChI=1S/C8H10F2N4O/c1-12-7-4(9)2-5(10)8(14-7)13-3-6(11)15/h2H,3H2,1H3,(H2,11,15)(H2,12,13,14). The summed E-state index contributed by atoms with van der Waals surface area (Å²) >= 11 is 0. The molecule has 0 unspecified atom stereocenters. The van der Waals surface area contributed by atoms with E-state index in [1.807, 2.05) is 0 Å². The first-order valence-corrected chi connectivity index (χ1v) is 4.10. The minimum absolute atomic E-state index is 0.108. The Bertz CT molecular complexity index is 383. The molecule has 4 N–H and O–H groups in total. The number of carbonyl (C=O) groups excluding carboxylic acids is 1. The van der Waals surface area contributed by atoms with Crippen molar-refractivity contribution in [1.82, 2.24) is 4.98 Å². The molecule has 0 atom stereocenters. The molecule has 0 aliphatic rings. The van der Waals surface area contributed by atoms with Gasteiger partial charge >= 0.3 is 0 Å². The van der Waals surface area contributed by atoms with Crippen LogP contribution >= 0.6 is 0 Å². The van der Waals surface area contributed by atoms with Gasteiger partial charge in [-0.3, -0.25) is 4.79 Å². The highest BCUT2D eigenvalue weighted by molar-refractivity contribution is 5.78. The molecule has 0 aromatic carbocycles. The van der Waals surface area contributed by atoms with Crippen molar-refractivity contribution in [3.63, 3.8) is 0 Å². The van der Waals surface area contributed by atoms with Crippen LogP contribution in [-0.4, -0.2) is 24.5 Å². The molecule has 0 radical (unpaired) electrons. The first-order chi connectivity index (χ1) is 7.04. The van der Waals surface area contributed by atoms with E-state index in [2.05, 4.69) is 15.6 Å². The van der Waals surface area contributed by atoms with Crippen LogP contribution in [0.1, 0.15) is 0 Å². The number of rotatable bonds is 4. The van der Waals surface area contributed by atoms with Crippen molar-refractivity contribution in [2.75, 3.05) is 24.2 Å². The van der Waals surface area contributed by atoms with Gasteiger partial charge in [0.2, 0.25) is 5.91 Å². The average molecular weight is 216 g/mol. The minimum atomic E-state index is -0.882. The van der Waals surface area contributed by atoms with E-state index >= 15 is 0 Å². The Kier molecular flexibility index (Phi) is 3.37. The lowest BCUT2D eigenvalue weighted by atomic mass is 10.4. The van der Waals surface area contributed by atoms with Crippen molar-refractivity contribution in [3.05, 3.63) is 17.7 Å². The lowest BCUT2D eigenvalue weighted by Gasteiger charge is -2.07. The molecule has 5 nitrogen and oxygen atoms in total. The van der Waals surface area contributed by atoms with E-state index in [9.17, 15) is 13.6 Å². The third kappa shape index (κ3) is 2.76. The second-order valence-electron chi connectivity index (χ2n) is 2.72. The number of nitrogens with one attached hydrogen (secondary N) is 2. The van der Waals surface area contributed by atoms with E-state index in [0.29, 0.717) is 6.07 Å². The van der Waals surface area contributed by atoms with Crippen LogP contribution in [-0.2, 0) is 4.79 Å². The number of amides is 1.